The topological polar surface area (TPSA) is 71.8 Å². The summed E-state index contributed by atoms with van der Waals surface area (Å²) in [5, 5.41) is 11.1. The molecule has 142 valence electrons. The zero-order valence-corrected chi connectivity index (χ0v) is 16.9. The Morgan fingerprint density at radius 3 is 2.65 bits per heavy atom. The van der Waals surface area contributed by atoms with Crippen molar-refractivity contribution in [2.24, 2.45) is 5.41 Å². The molecule has 0 aromatic carbocycles. The Labute approximate surface area is 165 Å². The summed E-state index contributed by atoms with van der Waals surface area (Å²) in [4.78, 5) is 17.1. The molecular weight excluding hydrogens is 373 g/mol. The Hall–Kier alpha value is -1.63. The van der Waals surface area contributed by atoms with Crippen molar-refractivity contribution in [1.29, 1.82) is 0 Å². The lowest BCUT2D eigenvalue weighted by Crippen LogP contribution is -2.43. The summed E-state index contributed by atoms with van der Waals surface area (Å²) in [5.41, 5.74) is 2.21. The number of aryl methyl sites for hydroxylation is 2. The summed E-state index contributed by atoms with van der Waals surface area (Å²) < 4.78 is 1.72. The van der Waals surface area contributed by atoms with Crippen LogP contribution < -0.4 is 10.6 Å². The van der Waals surface area contributed by atoms with Crippen LogP contribution in [-0.4, -0.2) is 40.3 Å². The molecule has 1 aliphatic rings. The quantitative estimate of drug-likeness (QED) is 0.831. The van der Waals surface area contributed by atoms with Crippen LogP contribution >= 0.6 is 24.0 Å². The monoisotopic (exact) mass is 397 g/mol. The van der Waals surface area contributed by atoms with Crippen molar-refractivity contribution < 1.29 is 4.79 Å². The molecule has 26 heavy (non-hydrogen) atoms. The predicted octanol–water partition coefficient (Wildman–Crippen LogP) is 3.08. The molecule has 1 saturated heterocycles. The van der Waals surface area contributed by atoms with Gasteiger partial charge in [0.1, 0.15) is 5.69 Å². The predicted molar refractivity (Wildman–Crippen MR) is 106 cm³/mol. The number of halogens is 2. The molecule has 1 fully saturated rings. The van der Waals surface area contributed by atoms with E-state index in [9.17, 15) is 4.79 Å². The average Bonchev–Trinajstić information content (AvgIpc) is 2.92. The number of hydrogen-bond acceptors (Lipinski definition) is 4. The average molecular weight is 398 g/mol. The molecule has 0 atom stereocenters. The molecule has 3 rings (SSSR count). The van der Waals surface area contributed by atoms with Crippen molar-refractivity contribution in [1.82, 2.24) is 25.4 Å². The van der Waals surface area contributed by atoms with Crippen LogP contribution in [0, 0.1) is 19.3 Å². The highest BCUT2D eigenvalue weighted by Gasteiger charge is 2.27. The maximum Gasteiger partial charge on any atom is 0.271 e. The van der Waals surface area contributed by atoms with E-state index in [1.807, 2.05) is 19.9 Å². The molecule has 2 aromatic heterocycles. The van der Waals surface area contributed by atoms with Gasteiger partial charge in [-0.3, -0.25) is 4.79 Å². The third-order valence-electron chi connectivity index (χ3n) is 4.76. The van der Waals surface area contributed by atoms with Crippen molar-refractivity contribution >= 4 is 29.9 Å². The zero-order chi connectivity index (χ0) is 18.0. The van der Waals surface area contributed by atoms with E-state index in [-0.39, 0.29) is 29.4 Å². The van der Waals surface area contributed by atoms with E-state index in [1.54, 1.807) is 16.8 Å². The van der Waals surface area contributed by atoms with Crippen molar-refractivity contribution in [2.45, 2.75) is 33.6 Å². The van der Waals surface area contributed by atoms with Gasteiger partial charge in [0.25, 0.3) is 5.91 Å². The number of pyridine rings is 1. The van der Waals surface area contributed by atoms with Gasteiger partial charge in [-0.25, -0.2) is 9.67 Å². The smallest absolute Gasteiger partial charge is 0.271 e. The van der Waals surface area contributed by atoms with E-state index >= 15 is 0 Å². The van der Waals surface area contributed by atoms with Crippen molar-refractivity contribution in [3.05, 3.63) is 40.3 Å². The molecule has 8 heteroatoms. The van der Waals surface area contributed by atoms with Crippen LogP contribution in [-0.2, 0) is 0 Å². The lowest BCUT2D eigenvalue weighted by Gasteiger charge is -2.34. The number of aromatic nitrogens is 3. The van der Waals surface area contributed by atoms with E-state index in [4.69, 9.17) is 11.6 Å². The summed E-state index contributed by atoms with van der Waals surface area (Å²) in [6, 6.07) is 5.43. The van der Waals surface area contributed by atoms with E-state index < -0.39 is 0 Å². The zero-order valence-electron chi connectivity index (χ0n) is 15.3. The van der Waals surface area contributed by atoms with Gasteiger partial charge in [-0.2, -0.15) is 5.10 Å². The van der Waals surface area contributed by atoms with Crippen LogP contribution in [0.4, 0.5) is 0 Å². The Balaban J connectivity index is 0.00000243. The fraction of sp³-hybridized carbons (Fsp3) is 0.500. The first-order valence-electron chi connectivity index (χ1n) is 8.57. The van der Waals surface area contributed by atoms with Crippen LogP contribution in [0.5, 0.6) is 0 Å². The molecule has 0 unspecified atom stereocenters. The Morgan fingerprint density at radius 2 is 2.04 bits per heavy atom. The maximum atomic E-state index is 12.6. The first-order valence-corrected chi connectivity index (χ1v) is 8.95. The SMILES string of the molecule is Cc1cc(C)n(-c2ccc(Cl)c(C(=O)NCC3(C)CCNCC3)n2)n1.Cl. The largest absolute Gasteiger partial charge is 0.350 e. The van der Waals surface area contributed by atoms with Gasteiger partial charge < -0.3 is 10.6 Å². The Bertz CT molecular complexity index is 784. The van der Waals surface area contributed by atoms with Gasteiger partial charge in [0.15, 0.2) is 5.82 Å². The first kappa shape index (κ1) is 20.7. The summed E-state index contributed by atoms with van der Waals surface area (Å²) in [6.45, 7) is 8.67. The molecule has 1 aliphatic heterocycles. The highest BCUT2D eigenvalue weighted by Crippen LogP contribution is 2.27. The number of amides is 1. The summed E-state index contributed by atoms with van der Waals surface area (Å²) in [7, 11) is 0. The fourth-order valence-corrected chi connectivity index (χ4v) is 3.35. The number of piperidine rings is 1. The van der Waals surface area contributed by atoms with Crippen LogP contribution in [0.1, 0.15) is 41.6 Å². The number of rotatable bonds is 4. The molecule has 6 nitrogen and oxygen atoms in total. The third kappa shape index (κ3) is 4.55. The van der Waals surface area contributed by atoms with Crippen molar-refractivity contribution in [3.8, 4) is 5.82 Å². The molecule has 0 saturated carbocycles. The van der Waals surface area contributed by atoms with Crippen LogP contribution in [0.25, 0.3) is 5.82 Å². The van der Waals surface area contributed by atoms with Crippen molar-refractivity contribution in [3.63, 3.8) is 0 Å². The minimum absolute atomic E-state index is 0. The first-order chi connectivity index (χ1) is 11.9. The molecule has 2 aromatic rings. The lowest BCUT2D eigenvalue weighted by atomic mass is 9.81. The summed E-state index contributed by atoms with van der Waals surface area (Å²) in [5.74, 6) is 0.348. The number of nitrogens with one attached hydrogen (secondary N) is 2. The van der Waals surface area contributed by atoms with Gasteiger partial charge in [-0.15, -0.1) is 12.4 Å². The highest BCUT2D eigenvalue weighted by molar-refractivity contribution is 6.33. The molecule has 1 amide bonds. The number of hydrogen-bond donors (Lipinski definition) is 2. The molecule has 2 N–H and O–H groups in total. The van der Waals surface area contributed by atoms with Gasteiger partial charge in [0, 0.05) is 12.2 Å². The molecule has 3 heterocycles. The standard InChI is InChI=1S/C18H24ClN5O.ClH/c1-12-10-13(2)24(23-12)15-5-4-14(19)16(22-15)17(25)21-11-18(3)6-8-20-9-7-18;/h4-5,10,20H,6-9,11H2,1-3H3,(H,21,25);1H. The van der Waals surface area contributed by atoms with Gasteiger partial charge in [0.05, 0.1) is 10.7 Å². The van der Waals surface area contributed by atoms with Crippen molar-refractivity contribution in [2.75, 3.05) is 19.6 Å². The van der Waals surface area contributed by atoms with Crippen LogP contribution in [0.15, 0.2) is 18.2 Å². The lowest BCUT2D eigenvalue weighted by molar-refractivity contribution is 0.0917. The highest BCUT2D eigenvalue weighted by atomic mass is 35.5. The molecule has 0 spiro atoms. The third-order valence-corrected chi connectivity index (χ3v) is 5.06. The minimum Gasteiger partial charge on any atom is -0.350 e. The molecule has 0 radical (unpaired) electrons. The molecule has 0 aliphatic carbocycles. The van der Waals surface area contributed by atoms with Gasteiger partial charge >= 0.3 is 0 Å². The van der Waals surface area contributed by atoms with E-state index in [1.165, 1.54) is 0 Å². The minimum atomic E-state index is -0.242. The van der Waals surface area contributed by atoms with E-state index in [0.717, 1.165) is 37.3 Å². The molecular formula is C18H25Cl2N5O. The Morgan fingerprint density at radius 1 is 1.35 bits per heavy atom. The van der Waals surface area contributed by atoms with Gasteiger partial charge in [-0.05, 0) is 63.4 Å². The number of carbonyl (C=O) groups excluding carboxylic acids is 1. The second-order valence-electron chi connectivity index (χ2n) is 7.08. The second kappa shape index (κ2) is 8.37. The fourth-order valence-electron chi connectivity index (χ4n) is 3.15. The summed E-state index contributed by atoms with van der Waals surface area (Å²) in [6.07, 6.45) is 2.08. The van der Waals surface area contributed by atoms with E-state index in [2.05, 4.69) is 27.6 Å². The second-order valence-corrected chi connectivity index (χ2v) is 7.49. The number of nitrogens with zero attached hydrogens (tertiary/aromatic N) is 3. The van der Waals surface area contributed by atoms with Crippen LogP contribution in [0.3, 0.4) is 0 Å². The van der Waals surface area contributed by atoms with Gasteiger partial charge in [0.2, 0.25) is 0 Å². The summed E-state index contributed by atoms with van der Waals surface area (Å²) >= 11 is 6.22. The van der Waals surface area contributed by atoms with Gasteiger partial charge in [-0.1, -0.05) is 18.5 Å². The number of carbonyl (C=O) groups is 1. The van der Waals surface area contributed by atoms with E-state index in [0.29, 0.717) is 17.4 Å². The Kier molecular flexibility index (Phi) is 6.66. The van der Waals surface area contributed by atoms with Crippen LogP contribution in [0.2, 0.25) is 5.02 Å². The molecule has 0 bridgehead atoms. The maximum absolute atomic E-state index is 12.6. The normalized spacial score (nSPS) is 16.0.